The van der Waals surface area contributed by atoms with Crippen LogP contribution in [0.15, 0.2) is 17.0 Å². The van der Waals surface area contributed by atoms with Crippen molar-refractivity contribution in [1.29, 1.82) is 0 Å². The van der Waals surface area contributed by atoms with Crippen LogP contribution in [0.25, 0.3) is 11.0 Å². The molecule has 0 spiro atoms. The summed E-state index contributed by atoms with van der Waals surface area (Å²) in [6, 6.07) is 0.499. The monoisotopic (exact) mass is 379 g/mol. The van der Waals surface area contributed by atoms with Crippen molar-refractivity contribution in [2.45, 2.75) is 37.8 Å². The Kier molecular flexibility index (Phi) is 4.03. The second-order valence-corrected chi connectivity index (χ2v) is 7.72. The highest BCUT2D eigenvalue weighted by atomic mass is 79.9. The number of piperidine rings is 1. The maximum Gasteiger partial charge on any atom is 0.146 e. The fraction of sp³-hybridized carbons (Fsp3) is 0.625. The van der Waals surface area contributed by atoms with Crippen LogP contribution in [0.1, 0.15) is 31.7 Å². The average molecular weight is 380 g/mol. The van der Waals surface area contributed by atoms with Crippen LogP contribution in [0.4, 0.5) is 5.82 Å². The van der Waals surface area contributed by atoms with Crippen LogP contribution in [-0.4, -0.2) is 50.3 Å². The van der Waals surface area contributed by atoms with Gasteiger partial charge < -0.3 is 20.3 Å². The Morgan fingerprint density at radius 1 is 1.26 bits per heavy atom. The smallest absolute Gasteiger partial charge is 0.146 e. The predicted molar refractivity (Wildman–Crippen MR) is 93.1 cm³/mol. The van der Waals surface area contributed by atoms with Crippen LogP contribution >= 0.6 is 15.9 Å². The molecule has 2 aliphatic rings. The van der Waals surface area contributed by atoms with Gasteiger partial charge in [0.2, 0.25) is 0 Å². The third-order valence-corrected chi connectivity index (χ3v) is 5.87. The SMILES string of the molecule is Nc1ncnc2c1c(Br)cn2[C@H]1C[C@@H](CN2CCC(O)CC2)C1. The van der Waals surface area contributed by atoms with Crippen molar-refractivity contribution in [3.05, 3.63) is 17.0 Å². The minimum absolute atomic E-state index is 0.0888. The van der Waals surface area contributed by atoms with Gasteiger partial charge in [-0.2, -0.15) is 0 Å². The van der Waals surface area contributed by atoms with E-state index in [0.29, 0.717) is 11.9 Å². The van der Waals surface area contributed by atoms with Crippen LogP contribution in [0, 0.1) is 5.92 Å². The lowest BCUT2D eigenvalue weighted by atomic mass is 9.79. The van der Waals surface area contributed by atoms with E-state index in [0.717, 1.165) is 53.9 Å². The molecule has 23 heavy (non-hydrogen) atoms. The fourth-order valence-electron chi connectivity index (χ4n) is 3.88. The van der Waals surface area contributed by atoms with Crippen molar-refractivity contribution in [3.8, 4) is 0 Å². The third kappa shape index (κ3) is 2.86. The maximum atomic E-state index is 9.59. The van der Waals surface area contributed by atoms with E-state index in [1.807, 2.05) is 0 Å². The number of aliphatic hydroxyl groups is 1. The Labute approximate surface area is 143 Å². The van der Waals surface area contributed by atoms with Gasteiger partial charge in [-0.3, -0.25) is 0 Å². The molecule has 2 fully saturated rings. The Hall–Kier alpha value is -1.18. The zero-order valence-electron chi connectivity index (χ0n) is 13.0. The summed E-state index contributed by atoms with van der Waals surface area (Å²) in [5.41, 5.74) is 6.90. The van der Waals surface area contributed by atoms with Crippen LogP contribution in [0.3, 0.4) is 0 Å². The van der Waals surface area contributed by atoms with Gasteiger partial charge in [-0.1, -0.05) is 0 Å². The first kappa shape index (κ1) is 15.4. The molecule has 7 heteroatoms. The number of nitrogen functional groups attached to an aromatic ring is 1. The third-order valence-electron chi connectivity index (χ3n) is 5.27. The van der Waals surface area contributed by atoms with Gasteiger partial charge in [0.05, 0.1) is 11.5 Å². The molecule has 4 rings (SSSR count). The largest absolute Gasteiger partial charge is 0.393 e. The summed E-state index contributed by atoms with van der Waals surface area (Å²) in [4.78, 5) is 11.0. The van der Waals surface area contributed by atoms with Crippen LogP contribution in [0.5, 0.6) is 0 Å². The molecule has 3 N–H and O–H groups in total. The number of fused-ring (bicyclic) bond motifs is 1. The lowest BCUT2D eigenvalue weighted by Gasteiger charge is -2.41. The molecule has 0 aromatic carbocycles. The topological polar surface area (TPSA) is 80.2 Å². The predicted octanol–water partition coefficient (Wildman–Crippen LogP) is 2.18. The molecule has 2 aromatic rings. The van der Waals surface area contributed by atoms with Gasteiger partial charge in [-0.25, -0.2) is 9.97 Å². The molecule has 0 bridgehead atoms. The standard InChI is InChI=1S/C16H22BrN5O/c17-13-8-22(16-14(13)15(18)19-9-20-16)11-5-10(6-11)7-21-3-1-12(23)2-4-21/h8-12,23H,1-7H2,(H2,18,19,20)/t10-,11+. The van der Waals surface area contributed by atoms with E-state index >= 15 is 0 Å². The molecule has 6 nitrogen and oxygen atoms in total. The number of aromatic nitrogens is 3. The van der Waals surface area contributed by atoms with Gasteiger partial charge in [0.15, 0.2) is 0 Å². The Morgan fingerprint density at radius 3 is 2.74 bits per heavy atom. The average Bonchev–Trinajstić information content (AvgIpc) is 2.82. The number of nitrogens with zero attached hydrogens (tertiary/aromatic N) is 4. The Balaban J connectivity index is 1.41. The summed E-state index contributed by atoms with van der Waals surface area (Å²) in [5.74, 6) is 1.27. The first-order valence-corrected chi connectivity index (χ1v) is 9.08. The number of hydrogen-bond donors (Lipinski definition) is 2. The van der Waals surface area contributed by atoms with E-state index in [9.17, 15) is 5.11 Å². The van der Waals surface area contributed by atoms with Gasteiger partial charge in [0.1, 0.15) is 17.8 Å². The lowest BCUT2D eigenvalue weighted by Crippen LogP contribution is -2.42. The van der Waals surface area contributed by atoms with E-state index in [2.05, 4.69) is 41.6 Å². The van der Waals surface area contributed by atoms with E-state index in [1.54, 1.807) is 0 Å². The molecule has 0 unspecified atom stereocenters. The van der Waals surface area contributed by atoms with Crippen molar-refractivity contribution >= 4 is 32.8 Å². The number of likely N-dealkylation sites (tertiary alicyclic amines) is 1. The van der Waals surface area contributed by atoms with Crippen molar-refractivity contribution in [2.75, 3.05) is 25.4 Å². The molecule has 0 radical (unpaired) electrons. The number of aliphatic hydroxyl groups excluding tert-OH is 1. The summed E-state index contributed by atoms with van der Waals surface area (Å²) in [6.07, 6.45) is 7.74. The summed E-state index contributed by atoms with van der Waals surface area (Å²) in [7, 11) is 0. The lowest BCUT2D eigenvalue weighted by molar-refractivity contribution is 0.0568. The molecular weight excluding hydrogens is 358 g/mol. The summed E-state index contributed by atoms with van der Waals surface area (Å²) >= 11 is 3.58. The molecule has 3 heterocycles. The fourth-order valence-corrected chi connectivity index (χ4v) is 4.49. The minimum atomic E-state index is -0.0888. The molecular formula is C16H22BrN5O. The number of halogens is 1. The number of nitrogens with two attached hydrogens (primary N) is 1. The molecule has 1 aliphatic heterocycles. The summed E-state index contributed by atoms with van der Waals surface area (Å²) in [6.45, 7) is 3.22. The number of hydrogen-bond acceptors (Lipinski definition) is 5. The number of anilines is 1. The van der Waals surface area contributed by atoms with Crippen LogP contribution in [-0.2, 0) is 0 Å². The van der Waals surface area contributed by atoms with Crippen molar-refractivity contribution in [2.24, 2.45) is 5.92 Å². The zero-order valence-corrected chi connectivity index (χ0v) is 14.6. The quantitative estimate of drug-likeness (QED) is 0.853. The Bertz CT molecular complexity index is 704. The van der Waals surface area contributed by atoms with E-state index in [4.69, 9.17) is 5.73 Å². The maximum absolute atomic E-state index is 9.59. The minimum Gasteiger partial charge on any atom is -0.393 e. The summed E-state index contributed by atoms with van der Waals surface area (Å²) in [5, 5.41) is 10.5. The highest BCUT2D eigenvalue weighted by Crippen LogP contribution is 2.42. The van der Waals surface area contributed by atoms with E-state index < -0.39 is 0 Å². The van der Waals surface area contributed by atoms with Crippen molar-refractivity contribution in [3.63, 3.8) is 0 Å². The summed E-state index contributed by atoms with van der Waals surface area (Å²) < 4.78 is 3.22. The van der Waals surface area contributed by atoms with E-state index in [1.165, 1.54) is 19.2 Å². The molecule has 1 saturated carbocycles. The van der Waals surface area contributed by atoms with Gasteiger partial charge in [-0.05, 0) is 47.5 Å². The second-order valence-electron chi connectivity index (χ2n) is 6.86. The Morgan fingerprint density at radius 2 is 2.00 bits per heavy atom. The first-order valence-electron chi connectivity index (χ1n) is 8.28. The highest BCUT2D eigenvalue weighted by Gasteiger charge is 2.33. The zero-order chi connectivity index (χ0) is 16.0. The van der Waals surface area contributed by atoms with Crippen molar-refractivity contribution in [1.82, 2.24) is 19.4 Å². The second kappa shape index (κ2) is 6.03. The van der Waals surface area contributed by atoms with Crippen LogP contribution in [0.2, 0.25) is 0 Å². The molecule has 1 aliphatic carbocycles. The first-order chi connectivity index (χ1) is 11.1. The molecule has 2 aromatic heterocycles. The van der Waals surface area contributed by atoms with E-state index in [-0.39, 0.29) is 6.10 Å². The molecule has 124 valence electrons. The van der Waals surface area contributed by atoms with Crippen molar-refractivity contribution < 1.29 is 5.11 Å². The van der Waals surface area contributed by atoms with Gasteiger partial charge in [0.25, 0.3) is 0 Å². The molecule has 0 amide bonds. The molecule has 1 saturated heterocycles. The van der Waals surface area contributed by atoms with Gasteiger partial charge >= 0.3 is 0 Å². The highest BCUT2D eigenvalue weighted by molar-refractivity contribution is 9.10. The normalized spacial score (nSPS) is 26.5. The molecule has 0 atom stereocenters. The van der Waals surface area contributed by atoms with Gasteiger partial charge in [-0.15, -0.1) is 0 Å². The number of rotatable bonds is 3. The van der Waals surface area contributed by atoms with Crippen LogP contribution < -0.4 is 5.73 Å². The van der Waals surface area contributed by atoms with Gasteiger partial charge in [0, 0.05) is 36.3 Å².